The molecular weight excluding hydrogens is 478 g/mol. The average Bonchev–Trinajstić information content (AvgIpc) is 3.23. The molecule has 0 saturated carbocycles. The number of amides is 2. The van der Waals surface area contributed by atoms with Crippen molar-refractivity contribution in [3.63, 3.8) is 0 Å². The number of nitrogens with one attached hydrogen (secondary N) is 2. The van der Waals surface area contributed by atoms with E-state index in [1.54, 1.807) is 24.0 Å². The molecule has 1 heterocycles. The molecule has 4 aromatic rings. The minimum atomic E-state index is -0.174. The first-order valence-electron chi connectivity index (χ1n) is 12.6. The molecule has 0 aliphatic rings. The van der Waals surface area contributed by atoms with Gasteiger partial charge in [0.2, 0.25) is 5.91 Å². The number of anilines is 1. The molecule has 0 unspecified atom stereocenters. The lowest BCUT2D eigenvalue weighted by molar-refractivity contribution is -0.116. The summed E-state index contributed by atoms with van der Waals surface area (Å²) in [6.45, 7) is 5.29. The van der Waals surface area contributed by atoms with Crippen LogP contribution in [0.4, 0.5) is 11.4 Å². The average molecular weight is 512 g/mol. The molecule has 0 aliphatic heterocycles. The Morgan fingerprint density at radius 1 is 0.947 bits per heavy atom. The fourth-order valence-corrected chi connectivity index (χ4v) is 4.29. The van der Waals surface area contributed by atoms with Gasteiger partial charge in [-0.25, -0.2) is 4.99 Å². The zero-order valence-electron chi connectivity index (χ0n) is 22.2. The van der Waals surface area contributed by atoms with Gasteiger partial charge in [0, 0.05) is 54.3 Å². The summed E-state index contributed by atoms with van der Waals surface area (Å²) in [5.74, 6) is -0.227. The minimum absolute atomic E-state index is 0.0243. The van der Waals surface area contributed by atoms with Crippen LogP contribution in [0.5, 0.6) is 5.88 Å². The highest BCUT2D eigenvalue weighted by Crippen LogP contribution is 2.32. The Bertz CT molecular complexity index is 1460. The summed E-state index contributed by atoms with van der Waals surface area (Å²) >= 11 is 0. The van der Waals surface area contributed by atoms with Crippen molar-refractivity contribution in [3.05, 3.63) is 89.5 Å². The number of rotatable bonds is 9. The zero-order valence-corrected chi connectivity index (χ0v) is 22.2. The van der Waals surface area contributed by atoms with Crippen molar-refractivity contribution >= 4 is 39.8 Å². The number of benzene rings is 3. The SMILES string of the molecule is CCNC(=O)c1ccc2c(C(=Nc3ccc(N(CCN(C)C)C(C)=O)cc3)c3ccccc3)c(O)[nH]c2c1. The van der Waals surface area contributed by atoms with Crippen LogP contribution < -0.4 is 10.2 Å². The highest BCUT2D eigenvalue weighted by atomic mass is 16.3. The Morgan fingerprint density at radius 2 is 1.66 bits per heavy atom. The molecule has 2 amide bonds. The summed E-state index contributed by atoms with van der Waals surface area (Å²) in [6.07, 6.45) is 0. The van der Waals surface area contributed by atoms with Gasteiger partial charge in [-0.05, 0) is 57.4 Å². The number of carbonyl (C=O) groups excluding carboxylic acids is 2. The molecule has 0 fully saturated rings. The predicted octanol–water partition coefficient (Wildman–Crippen LogP) is 4.71. The molecule has 0 spiro atoms. The summed E-state index contributed by atoms with van der Waals surface area (Å²) in [6, 6.07) is 22.4. The lowest BCUT2D eigenvalue weighted by Gasteiger charge is -2.23. The lowest BCUT2D eigenvalue weighted by atomic mass is 10.00. The van der Waals surface area contributed by atoms with Crippen LogP contribution in [0.3, 0.4) is 0 Å². The number of nitrogens with zero attached hydrogens (tertiary/aromatic N) is 3. The van der Waals surface area contributed by atoms with E-state index in [4.69, 9.17) is 4.99 Å². The van der Waals surface area contributed by atoms with Crippen LogP contribution in [0, 0.1) is 0 Å². The van der Waals surface area contributed by atoms with E-state index in [1.165, 1.54) is 0 Å². The molecule has 0 atom stereocenters. The third kappa shape index (κ3) is 5.92. The second-order valence-corrected chi connectivity index (χ2v) is 9.29. The van der Waals surface area contributed by atoms with E-state index in [0.29, 0.717) is 41.1 Å². The summed E-state index contributed by atoms with van der Waals surface area (Å²) < 4.78 is 0. The Labute approximate surface area is 222 Å². The van der Waals surface area contributed by atoms with E-state index in [0.717, 1.165) is 23.2 Å². The van der Waals surface area contributed by atoms with Gasteiger partial charge in [0.25, 0.3) is 5.91 Å². The molecule has 0 radical (unpaired) electrons. The Morgan fingerprint density at radius 3 is 2.29 bits per heavy atom. The number of aromatic amines is 1. The standard InChI is InChI=1S/C30H33N5O3/c1-5-31-29(37)22-11-16-25-26(19-22)33-30(38)27(25)28(21-9-7-6-8-10-21)32-23-12-14-24(15-13-23)35(20(2)36)18-17-34(3)4/h6-16,19,33,38H,5,17-18H2,1-4H3,(H,31,37). The van der Waals surface area contributed by atoms with E-state index in [-0.39, 0.29) is 17.7 Å². The van der Waals surface area contributed by atoms with E-state index in [9.17, 15) is 14.7 Å². The topological polar surface area (TPSA) is 101 Å². The van der Waals surface area contributed by atoms with Crippen molar-refractivity contribution in [2.45, 2.75) is 13.8 Å². The predicted molar refractivity (Wildman–Crippen MR) is 153 cm³/mol. The van der Waals surface area contributed by atoms with Crippen molar-refractivity contribution in [1.29, 1.82) is 0 Å². The number of H-pyrrole nitrogens is 1. The van der Waals surface area contributed by atoms with Gasteiger partial charge in [-0.15, -0.1) is 0 Å². The van der Waals surface area contributed by atoms with Crippen LogP contribution in [0.25, 0.3) is 10.9 Å². The molecule has 3 aromatic carbocycles. The molecule has 8 nitrogen and oxygen atoms in total. The van der Waals surface area contributed by atoms with Gasteiger partial charge in [0.05, 0.1) is 17.0 Å². The summed E-state index contributed by atoms with van der Waals surface area (Å²) in [5.41, 5.74) is 4.59. The molecule has 0 aliphatic carbocycles. The number of likely N-dealkylation sites (N-methyl/N-ethyl adjacent to an activating group) is 1. The number of hydrogen-bond acceptors (Lipinski definition) is 5. The number of fused-ring (bicyclic) bond motifs is 1. The zero-order chi connectivity index (χ0) is 27.2. The third-order valence-electron chi connectivity index (χ3n) is 6.22. The van der Waals surface area contributed by atoms with Gasteiger partial charge in [0.1, 0.15) is 0 Å². The maximum absolute atomic E-state index is 12.3. The number of aromatic hydroxyl groups is 1. The number of carbonyl (C=O) groups is 2. The Hall–Kier alpha value is -4.43. The van der Waals surface area contributed by atoms with Crippen molar-refractivity contribution < 1.29 is 14.7 Å². The van der Waals surface area contributed by atoms with Gasteiger partial charge in [-0.2, -0.15) is 0 Å². The third-order valence-corrected chi connectivity index (χ3v) is 6.22. The number of aliphatic imine (C=N–C) groups is 1. The Kier molecular flexibility index (Phi) is 8.23. The van der Waals surface area contributed by atoms with Crippen LogP contribution in [0.15, 0.2) is 77.8 Å². The first kappa shape index (κ1) is 26.6. The summed E-state index contributed by atoms with van der Waals surface area (Å²) in [4.78, 5) is 36.3. The van der Waals surface area contributed by atoms with Gasteiger partial charge < -0.3 is 25.2 Å². The molecule has 8 heteroatoms. The fraction of sp³-hybridized carbons (Fsp3) is 0.233. The van der Waals surface area contributed by atoms with Gasteiger partial charge in [0.15, 0.2) is 5.88 Å². The van der Waals surface area contributed by atoms with E-state index >= 15 is 0 Å². The maximum Gasteiger partial charge on any atom is 0.251 e. The van der Waals surface area contributed by atoms with Crippen LogP contribution in [0.1, 0.15) is 35.3 Å². The second kappa shape index (κ2) is 11.7. The molecule has 38 heavy (non-hydrogen) atoms. The molecule has 0 saturated heterocycles. The minimum Gasteiger partial charge on any atom is -0.494 e. The smallest absolute Gasteiger partial charge is 0.251 e. The fourth-order valence-electron chi connectivity index (χ4n) is 4.29. The van der Waals surface area contributed by atoms with Crippen LogP contribution in [-0.4, -0.2) is 66.2 Å². The monoisotopic (exact) mass is 511 g/mol. The van der Waals surface area contributed by atoms with E-state index < -0.39 is 0 Å². The number of aromatic nitrogens is 1. The molecule has 0 bridgehead atoms. The summed E-state index contributed by atoms with van der Waals surface area (Å²) in [7, 11) is 3.95. The lowest BCUT2D eigenvalue weighted by Crippen LogP contribution is -2.35. The first-order chi connectivity index (χ1) is 18.3. The van der Waals surface area contributed by atoms with E-state index in [2.05, 4.69) is 10.3 Å². The second-order valence-electron chi connectivity index (χ2n) is 9.29. The molecular formula is C30H33N5O3. The highest BCUT2D eigenvalue weighted by molar-refractivity contribution is 6.22. The van der Waals surface area contributed by atoms with Crippen LogP contribution >= 0.6 is 0 Å². The van der Waals surface area contributed by atoms with Crippen molar-refractivity contribution in [1.82, 2.24) is 15.2 Å². The van der Waals surface area contributed by atoms with Gasteiger partial charge in [-0.1, -0.05) is 36.4 Å². The van der Waals surface area contributed by atoms with Crippen LogP contribution in [0.2, 0.25) is 0 Å². The molecule has 196 valence electrons. The summed E-state index contributed by atoms with van der Waals surface area (Å²) in [5, 5.41) is 14.5. The van der Waals surface area contributed by atoms with Crippen molar-refractivity contribution in [3.8, 4) is 5.88 Å². The van der Waals surface area contributed by atoms with Gasteiger partial charge >= 0.3 is 0 Å². The van der Waals surface area contributed by atoms with Crippen molar-refractivity contribution in [2.75, 3.05) is 38.6 Å². The largest absolute Gasteiger partial charge is 0.494 e. The molecule has 4 rings (SSSR count). The van der Waals surface area contributed by atoms with Crippen molar-refractivity contribution in [2.24, 2.45) is 4.99 Å². The first-order valence-corrected chi connectivity index (χ1v) is 12.6. The van der Waals surface area contributed by atoms with Crippen LogP contribution in [-0.2, 0) is 4.79 Å². The normalized spacial score (nSPS) is 11.7. The quantitative estimate of drug-likeness (QED) is 0.283. The molecule has 1 aromatic heterocycles. The maximum atomic E-state index is 12.3. The molecule has 3 N–H and O–H groups in total. The number of hydrogen-bond donors (Lipinski definition) is 3. The van der Waals surface area contributed by atoms with E-state index in [1.807, 2.05) is 86.6 Å². The highest BCUT2D eigenvalue weighted by Gasteiger charge is 2.20. The van der Waals surface area contributed by atoms with Gasteiger partial charge in [-0.3, -0.25) is 9.59 Å². The Balaban J connectivity index is 1.77.